The van der Waals surface area contributed by atoms with E-state index in [2.05, 4.69) is 16.7 Å². The molecule has 108 valence electrons. The summed E-state index contributed by atoms with van der Waals surface area (Å²) < 4.78 is 0. The third-order valence-corrected chi connectivity index (χ3v) is 5.54. The molecule has 2 atom stereocenters. The molecule has 3 nitrogen and oxygen atoms in total. The first-order chi connectivity index (χ1) is 9.25. The van der Waals surface area contributed by atoms with Crippen LogP contribution in [0.1, 0.15) is 58.3 Å². The number of hydrogen-bond donors (Lipinski definition) is 0. The quantitative estimate of drug-likeness (QED) is 0.657. The number of hydrogen-bond acceptors (Lipinski definition) is 1. The molecule has 0 bridgehead atoms. The van der Waals surface area contributed by atoms with Gasteiger partial charge in [-0.15, -0.1) is 0 Å². The van der Waals surface area contributed by atoms with Crippen LogP contribution in [0.4, 0.5) is 4.79 Å². The Morgan fingerprint density at radius 3 is 2.37 bits per heavy atom. The summed E-state index contributed by atoms with van der Waals surface area (Å²) in [6.07, 6.45) is 10.3. The number of carbonyl (C=O) groups is 1. The topological polar surface area (TPSA) is 23.6 Å². The third kappa shape index (κ3) is 2.75. The summed E-state index contributed by atoms with van der Waals surface area (Å²) in [5, 5.41) is 0. The van der Waals surface area contributed by atoms with Crippen LogP contribution in [0.15, 0.2) is 0 Å². The summed E-state index contributed by atoms with van der Waals surface area (Å²) in [6, 6.07) is 0.915. The third-order valence-electron chi connectivity index (χ3n) is 5.54. The van der Waals surface area contributed by atoms with Gasteiger partial charge in [0.05, 0.1) is 0 Å². The maximum atomic E-state index is 12.8. The normalized spacial score (nSPS) is 33.1. The van der Waals surface area contributed by atoms with E-state index in [-0.39, 0.29) is 0 Å². The lowest BCUT2D eigenvalue weighted by Gasteiger charge is -2.46. The van der Waals surface area contributed by atoms with Gasteiger partial charge in [-0.05, 0) is 50.4 Å². The molecule has 2 saturated heterocycles. The molecular weight excluding hydrogens is 236 g/mol. The number of piperidine rings is 2. The van der Waals surface area contributed by atoms with Crippen LogP contribution in [-0.2, 0) is 0 Å². The number of amides is 2. The van der Waals surface area contributed by atoms with Gasteiger partial charge in [0.15, 0.2) is 0 Å². The SMILES string of the molecule is CC1CCN(C(=O)N2CCCC3CCCCC32)CC1. The molecule has 3 aliphatic rings. The van der Waals surface area contributed by atoms with Gasteiger partial charge in [0.1, 0.15) is 0 Å². The van der Waals surface area contributed by atoms with Crippen LogP contribution >= 0.6 is 0 Å². The van der Waals surface area contributed by atoms with Crippen LogP contribution in [0.5, 0.6) is 0 Å². The lowest BCUT2D eigenvalue weighted by Crippen LogP contribution is -2.55. The maximum Gasteiger partial charge on any atom is 0.320 e. The van der Waals surface area contributed by atoms with E-state index < -0.39 is 0 Å². The van der Waals surface area contributed by atoms with Gasteiger partial charge >= 0.3 is 6.03 Å². The van der Waals surface area contributed by atoms with Crippen LogP contribution < -0.4 is 0 Å². The highest BCUT2D eigenvalue weighted by Gasteiger charge is 2.37. The predicted octanol–water partition coefficient (Wildman–Crippen LogP) is 3.49. The molecule has 3 rings (SSSR count). The summed E-state index contributed by atoms with van der Waals surface area (Å²) in [7, 11) is 0. The van der Waals surface area contributed by atoms with E-state index in [0.717, 1.165) is 31.5 Å². The monoisotopic (exact) mass is 264 g/mol. The molecule has 0 aromatic rings. The van der Waals surface area contributed by atoms with E-state index in [9.17, 15) is 4.79 Å². The Morgan fingerprint density at radius 1 is 0.895 bits per heavy atom. The second-order valence-corrected chi connectivity index (χ2v) is 6.90. The minimum absolute atomic E-state index is 0.350. The lowest BCUT2D eigenvalue weighted by atomic mass is 9.78. The Balaban J connectivity index is 1.64. The van der Waals surface area contributed by atoms with Gasteiger partial charge in [0.2, 0.25) is 0 Å². The van der Waals surface area contributed by atoms with Crippen LogP contribution in [0.2, 0.25) is 0 Å². The highest BCUT2D eigenvalue weighted by molar-refractivity contribution is 5.75. The Bertz CT molecular complexity index is 321. The minimum atomic E-state index is 0.350. The fourth-order valence-corrected chi connectivity index (χ4v) is 4.24. The molecular formula is C16H28N2O. The highest BCUT2D eigenvalue weighted by atomic mass is 16.2. The number of carbonyl (C=O) groups excluding carboxylic acids is 1. The van der Waals surface area contributed by atoms with Crippen molar-refractivity contribution in [1.29, 1.82) is 0 Å². The molecule has 0 spiro atoms. The summed E-state index contributed by atoms with van der Waals surface area (Å²) >= 11 is 0. The van der Waals surface area contributed by atoms with E-state index >= 15 is 0 Å². The molecule has 2 unspecified atom stereocenters. The summed E-state index contributed by atoms with van der Waals surface area (Å²) in [5.41, 5.74) is 0. The molecule has 3 heteroatoms. The molecule has 2 amide bonds. The summed E-state index contributed by atoms with van der Waals surface area (Å²) in [6.45, 7) is 5.27. The van der Waals surface area contributed by atoms with E-state index in [1.54, 1.807) is 0 Å². The van der Waals surface area contributed by atoms with Gasteiger partial charge in [-0.2, -0.15) is 0 Å². The fourth-order valence-electron chi connectivity index (χ4n) is 4.24. The molecule has 1 aliphatic carbocycles. The number of likely N-dealkylation sites (tertiary alicyclic amines) is 2. The van der Waals surface area contributed by atoms with Crippen LogP contribution in [0, 0.1) is 11.8 Å². The van der Waals surface area contributed by atoms with Crippen molar-refractivity contribution in [3.63, 3.8) is 0 Å². The van der Waals surface area contributed by atoms with Crippen molar-refractivity contribution in [2.75, 3.05) is 19.6 Å². The zero-order chi connectivity index (χ0) is 13.2. The smallest absolute Gasteiger partial charge is 0.320 e. The summed E-state index contributed by atoms with van der Waals surface area (Å²) in [4.78, 5) is 17.1. The second kappa shape index (κ2) is 5.72. The Morgan fingerprint density at radius 2 is 1.58 bits per heavy atom. The minimum Gasteiger partial charge on any atom is -0.325 e. The number of urea groups is 1. The van der Waals surface area contributed by atoms with Crippen molar-refractivity contribution < 1.29 is 4.79 Å². The molecule has 19 heavy (non-hydrogen) atoms. The van der Waals surface area contributed by atoms with Crippen LogP contribution in [0.3, 0.4) is 0 Å². The van der Waals surface area contributed by atoms with Crippen molar-refractivity contribution in [1.82, 2.24) is 9.80 Å². The zero-order valence-electron chi connectivity index (χ0n) is 12.3. The van der Waals surface area contributed by atoms with E-state index in [1.165, 1.54) is 51.4 Å². The molecule has 3 fully saturated rings. The van der Waals surface area contributed by atoms with Gasteiger partial charge in [-0.25, -0.2) is 4.79 Å². The largest absolute Gasteiger partial charge is 0.325 e. The van der Waals surface area contributed by atoms with Gasteiger partial charge < -0.3 is 9.80 Å². The first-order valence-electron chi connectivity index (χ1n) is 8.31. The van der Waals surface area contributed by atoms with Gasteiger partial charge in [0, 0.05) is 25.7 Å². The van der Waals surface area contributed by atoms with Crippen molar-refractivity contribution in [3.05, 3.63) is 0 Å². The molecule has 1 saturated carbocycles. The Kier molecular flexibility index (Phi) is 3.99. The van der Waals surface area contributed by atoms with Gasteiger partial charge in [0.25, 0.3) is 0 Å². The number of nitrogens with zero attached hydrogens (tertiary/aromatic N) is 2. The second-order valence-electron chi connectivity index (χ2n) is 6.90. The lowest BCUT2D eigenvalue weighted by molar-refractivity contribution is 0.0585. The van der Waals surface area contributed by atoms with E-state index in [0.29, 0.717) is 12.1 Å². The van der Waals surface area contributed by atoms with E-state index in [4.69, 9.17) is 0 Å². The van der Waals surface area contributed by atoms with E-state index in [1.807, 2.05) is 0 Å². The van der Waals surface area contributed by atoms with Gasteiger partial charge in [-0.3, -0.25) is 0 Å². The van der Waals surface area contributed by atoms with Crippen LogP contribution in [-0.4, -0.2) is 41.5 Å². The molecule has 0 radical (unpaired) electrons. The average molecular weight is 264 g/mol. The summed E-state index contributed by atoms with van der Waals surface area (Å²) in [5.74, 6) is 1.60. The van der Waals surface area contributed by atoms with Crippen molar-refractivity contribution in [3.8, 4) is 0 Å². The van der Waals surface area contributed by atoms with Crippen LogP contribution in [0.25, 0.3) is 0 Å². The number of rotatable bonds is 0. The Labute approximate surface area is 117 Å². The molecule has 0 N–H and O–H groups in total. The van der Waals surface area contributed by atoms with Crippen molar-refractivity contribution in [2.45, 2.75) is 64.3 Å². The molecule has 0 aromatic heterocycles. The molecule has 2 heterocycles. The first-order valence-corrected chi connectivity index (χ1v) is 8.31. The fraction of sp³-hybridized carbons (Fsp3) is 0.938. The molecule has 2 aliphatic heterocycles. The first kappa shape index (κ1) is 13.3. The standard InChI is InChI=1S/C16H28N2O/c1-13-8-11-17(12-9-13)16(19)18-10-4-6-14-5-2-3-7-15(14)18/h13-15H,2-12H2,1H3. The predicted molar refractivity (Wildman–Crippen MR) is 77.1 cm³/mol. The molecule has 0 aromatic carbocycles. The number of fused-ring (bicyclic) bond motifs is 1. The highest BCUT2D eigenvalue weighted by Crippen LogP contribution is 2.36. The zero-order valence-corrected chi connectivity index (χ0v) is 12.3. The average Bonchev–Trinajstić information content (AvgIpc) is 2.47. The van der Waals surface area contributed by atoms with Crippen molar-refractivity contribution >= 4 is 6.03 Å². The maximum absolute atomic E-state index is 12.8. The van der Waals surface area contributed by atoms with Gasteiger partial charge in [-0.1, -0.05) is 19.8 Å². The van der Waals surface area contributed by atoms with Crippen molar-refractivity contribution in [2.24, 2.45) is 11.8 Å². The Hall–Kier alpha value is -0.730.